The summed E-state index contributed by atoms with van der Waals surface area (Å²) in [5, 5.41) is 8.79. The molecule has 0 aliphatic heterocycles. The summed E-state index contributed by atoms with van der Waals surface area (Å²) < 4.78 is 0.843. The van der Waals surface area contributed by atoms with E-state index < -0.39 is 11.8 Å². The largest absolute Gasteiger partial charge is 0.325 e. The van der Waals surface area contributed by atoms with E-state index in [-0.39, 0.29) is 16.9 Å². The summed E-state index contributed by atoms with van der Waals surface area (Å²) >= 11 is 10.8. The van der Waals surface area contributed by atoms with Gasteiger partial charge < -0.3 is 16.0 Å². The Balaban J connectivity index is 1.49. The Hall–Kier alpha value is -3.85. The van der Waals surface area contributed by atoms with Crippen molar-refractivity contribution in [2.24, 2.45) is 0 Å². The molecule has 0 radical (unpaired) electrons. The van der Waals surface area contributed by atoms with Crippen LogP contribution in [0, 0.1) is 0 Å². The molecule has 0 aliphatic carbocycles. The Kier molecular flexibility index (Phi) is 10.8. The third-order valence-electron chi connectivity index (χ3n) is 5.83. The van der Waals surface area contributed by atoms with Gasteiger partial charge in [-0.05, 0) is 84.8 Å². The summed E-state index contributed by atoms with van der Waals surface area (Å²) in [6, 6.07) is 30.3. The molecule has 41 heavy (non-hydrogen) atoms. The van der Waals surface area contributed by atoms with E-state index in [0.717, 1.165) is 14.9 Å². The first kappa shape index (κ1) is 30.1. The van der Waals surface area contributed by atoms with Crippen LogP contribution >= 0.6 is 39.3 Å². The number of carbonyl (C=O) groups excluding carboxylic acids is 3. The summed E-state index contributed by atoms with van der Waals surface area (Å²) in [6.07, 6.45) is 2.22. The average Bonchev–Trinajstić information content (AvgIpc) is 2.97. The molecule has 9 heteroatoms. The van der Waals surface area contributed by atoms with E-state index in [1.165, 1.54) is 11.8 Å². The summed E-state index contributed by atoms with van der Waals surface area (Å²) in [5.41, 5.74) is 2.45. The smallest absolute Gasteiger partial charge is 0.272 e. The van der Waals surface area contributed by atoms with Crippen LogP contribution in [0.25, 0.3) is 6.08 Å². The number of carbonyl (C=O) groups is 3. The Bertz CT molecular complexity index is 1560. The third-order valence-corrected chi connectivity index (χ3v) is 7.94. The maximum atomic E-state index is 13.4. The Morgan fingerprint density at radius 2 is 1.59 bits per heavy atom. The Morgan fingerprint density at radius 1 is 0.854 bits per heavy atom. The molecule has 0 heterocycles. The molecule has 4 aromatic rings. The van der Waals surface area contributed by atoms with E-state index in [2.05, 4.69) is 31.9 Å². The number of halogens is 2. The number of hydrogen-bond acceptors (Lipinski definition) is 4. The lowest BCUT2D eigenvalue weighted by Gasteiger charge is -2.16. The molecule has 3 N–H and O–H groups in total. The zero-order valence-corrected chi connectivity index (χ0v) is 25.2. The predicted molar refractivity (Wildman–Crippen MR) is 171 cm³/mol. The van der Waals surface area contributed by atoms with Gasteiger partial charge in [0.15, 0.2) is 0 Å². The van der Waals surface area contributed by atoms with E-state index >= 15 is 0 Å². The molecule has 4 rings (SSSR count). The van der Waals surface area contributed by atoms with Crippen molar-refractivity contribution in [3.05, 3.63) is 129 Å². The van der Waals surface area contributed by atoms with Gasteiger partial charge in [-0.3, -0.25) is 14.4 Å². The molecule has 0 spiro atoms. The number of amides is 3. The fraction of sp³-hybridized carbons (Fsp3) is 0.0938. The lowest BCUT2D eigenvalue weighted by atomic mass is 10.1. The number of hydrogen-bond donors (Lipinski definition) is 3. The topological polar surface area (TPSA) is 87.3 Å². The van der Waals surface area contributed by atoms with Crippen LogP contribution in [0.3, 0.4) is 0 Å². The van der Waals surface area contributed by atoms with Gasteiger partial charge in [-0.25, -0.2) is 0 Å². The van der Waals surface area contributed by atoms with Crippen LogP contribution in [0.2, 0.25) is 5.02 Å². The summed E-state index contributed by atoms with van der Waals surface area (Å²) in [5.74, 6) is -1.01. The van der Waals surface area contributed by atoms with Gasteiger partial charge in [0.05, 0.1) is 5.25 Å². The van der Waals surface area contributed by atoms with Gasteiger partial charge in [0, 0.05) is 31.3 Å². The standard InChI is InChI=1S/C32H27BrClN3O3S/c1-2-29(32(40)35-25-16-14-24(34)15-17-25)41-27-13-7-12-26(20-27)36-31(39)28(19-21-8-6-11-23(33)18-21)37-30(38)22-9-4-3-5-10-22/h3-20,29H,2H2,1H3,(H,35,40)(H,36,39)(H,37,38)/b28-19+. The molecular weight excluding hydrogens is 622 g/mol. The van der Waals surface area contributed by atoms with Gasteiger partial charge in [-0.1, -0.05) is 70.9 Å². The summed E-state index contributed by atoms with van der Waals surface area (Å²) in [4.78, 5) is 40.0. The van der Waals surface area contributed by atoms with Gasteiger partial charge in [-0.2, -0.15) is 0 Å². The maximum Gasteiger partial charge on any atom is 0.272 e. The predicted octanol–water partition coefficient (Wildman–Crippen LogP) is 8.02. The highest BCUT2D eigenvalue weighted by Crippen LogP contribution is 2.29. The average molecular weight is 649 g/mol. The molecule has 1 unspecified atom stereocenters. The summed E-state index contributed by atoms with van der Waals surface area (Å²) in [6.45, 7) is 1.94. The number of benzene rings is 4. The number of anilines is 2. The van der Waals surface area contributed by atoms with E-state index in [4.69, 9.17) is 11.6 Å². The molecular formula is C32H27BrClN3O3S. The van der Waals surface area contributed by atoms with E-state index in [0.29, 0.717) is 28.4 Å². The van der Waals surface area contributed by atoms with Crippen LogP contribution in [0.1, 0.15) is 29.3 Å². The van der Waals surface area contributed by atoms with Crippen molar-refractivity contribution in [3.63, 3.8) is 0 Å². The zero-order chi connectivity index (χ0) is 29.2. The molecule has 4 aromatic carbocycles. The van der Waals surface area contributed by atoms with Crippen LogP contribution in [-0.2, 0) is 9.59 Å². The SMILES string of the molecule is CCC(Sc1cccc(NC(=O)/C(=C\c2cccc(Br)c2)NC(=O)c2ccccc2)c1)C(=O)Nc1ccc(Cl)cc1. The van der Waals surface area contributed by atoms with Crippen LogP contribution < -0.4 is 16.0 Å². The van der Waals surface area contributed by atoms with Gasteiger partial charge in [0.1, 0.15) is 5.70 Å². The first-order valence-electron chi connectivity index (χ1n) is 12.8. The molecule has 0 saturated heterocycles. The molecule has 0 bridgehead atoms. The first-order chi connectivity index (χ1) is 19.8. The Morgan fingerprint density at radius 3 is 2.29 bits per heavy atom. The molecule has 0 saturated carbocycles. The second kappa shape index (κ2) is 14.7. The monoisotopic (exact) mass is 647 g/mol. The zero-order valence-electron chi connectivity index (χ0n) is 22.1. The van der Waals surface area contributed by atoms with Crippen molar-refractivity contribution in [1.29, 1.82) is 0 Å². The van der Waals surface area contributed by atoms with Crippen molar-refractivity contribution in [2.75, 3.05) is 10.6 Å². The highest BCUT2D eigenvalue weighted by molar-refractivity contribution is 9.10. The maximum absolute atomic E-state index is 13.4. The number of rotatable bonds is 10. The lowest BCUT2D eigenvalue weighted by Crippen LogP contribution is -2.30. The molecule has 0 aromatic heterocycles. The van der Waals surface area contributed by atoms with Crippen molar-refractivity contribution in [2.45, 2.75) is 23.5 Å². The van der Waals surface area contributed by atoms with E-state index in [1.54, 1.807) is 66.7 Å². The molecule has 6 nitrogen and oxygen atoms in total. The molecule has 3 amide bonds. The Labute approximate surface area is 256 Å². The van der Waals surface area contributed by atoms with Gasteiger partial charge in [0.25, 0.3) is 11.8 Å². The van der Waals surface area contributed by atoms with Crippen molar-refractivity contribution in [3.8, 4) is 0 Å². The van der Waals surface area contributed by atoms with Crippen LogP contribution in [0.4, 0.5) is 11.4 Å². The van der Waals surface area contributed by atoms with Gasteiger partial charge in [0.2, 0.25) is 5.91 Å². The van der Waals surface area contributed by atoms with Gasteiger partial charge >= 0.3 is 0 Å². The lowest BCUT2D eigenvalue weighted by molar-refractivity contribution is -0.116. The number of thioether (sulfide) groups is 1. The molecule has 1 atom stereocenters. The fourth-order valence-electron chi connectivity index (χ4n) is 3.79. The summed E-state index contributed by atoms with van der Waals surface area (Å²) in [7, 11) is 0. The van der Waals surface area contributed by atoms with Gasteiger partial charge in [-0.15, -0.1) is 11.8 Å². The highest BCUT2D eigenvalue weighted by Gasteiger charge is 2.19. The van der Waals surface area contributed by atoms with Crippen molar-refractivity contribution < 1.29 is 14.4 Å². The highest BCUT2D eigenvalue weighted by atomic mass is 79.9. The van der Waals surface area contributed by atoms with Crippen LogP contribution in [0.15, 0.2) is 118 Å². The third kappa shape index (κ3) is 9.08. The normalized spacial score (nSPS) is 11.8. The molecule has 0 aliphatic rings. The second-order valence-corrected chi connectivity index (χ2v) is 11.6. The van der Waals surface area contributed by atoms with E-state index in [9.17, 15) is 14.4 Å². The number of nitrogens with one attached hydrogen (secondary N) is 3. The minimum Gasteiger partial charge on any atom is -0.325 e. The minimum absolute atomic E-state index is 0.0868. The molecule has 0 fully saturated rings. The van der Waals surface area contributed by atoms with E-state index in [1.807, 2.05) is 49.4 Å². The van der Waals surface area contributed by atoms with Crippen molar-refractivity contribution >= 4 is 74.5 Å². The second-order valence-electron chi connectivity index (χ2n) is 8.93. The fourth-order valence-corrected chi connectivity index (χ4v) is 5.35. The van der Waals surface area contributed by atoms with Crippen LogP contribution in [0.5, 0.6) is 0 Å². The minimum atomic E-state index is -0.482. The van der Waals surface area contributed by atoms with Crippen molar-refractivity contribution in [1.82, 2.24) is 5.32 Å². The van der Waals surface area contributed by atoms with Crippen LogP contribution in [-0.4, -0.2) is 23.0 Å². The molecule has 208 valence electrons. The first-order valence-corrected chi connectivity index (χ1v) is 14.8. The quantitative estimate of drug-likeness (QED) is 0.120.